The van der Waals surface area contributed by atoms with E-state index in [0.717, 1.165) is 11.5 Å². The van der Waals surface area contributed by atoms with Crippen LogP contribution in [0.15, 0.2) is 16.9 Å². The maximum absolute atomic E-state index is 5.83. The van der Waals surface area contributed by atoms with Crippen molar-refractivity contribution in [2.75, 3.05) is 0 Å². The normalized spacial score (nSPS) is 15.1. The number of halogens is 1. The number of aromatic nitrogens is 1. The molecule has 0 amide bonds. The Morgan fingerprint density at radius 3 is 3.06 bits per heavy atom. The van der Waals surface area contributed by atoms with E-state index in [2.05, 4.69) is 11.1 Å². The molecule has 0 unspecified atom stereocenters. The number of oxazole rings is 1. The van der Waals surface area contributed by atoms with Crippen molar-refractivity contribution in [3.63, 3.8) is 0 Å². The third-order valence-electron chi connectivity index (χ3n) is 2.99. The first-order valence-electron chi connectivity index (χ1n) is 5.49. The van der Waals surface area contributed by atoms with Crippen LogP contribution < -0.4 is 0 Å². The van der Waals surface area contributed by atoms with Crippen LogP contribution in [-0.2, 0) is 18.7 Å². The van der Waals surface area contributed by atoms with Gasteiger partial charge < -0.3 is 4.42 Å². The van der Waals surface area contributed by atoms with Crippen LogP contribution in [0.3, 0.4) is 0 Å². The molecule has 0 spiro atoms. The maximum atomic E-state index is 5.83. The zero-order valence-corrected chi connectivity index (χ0v) is 10.4. The van der Waals surface area contributed by atoms with Crippen molar-refractivity contribution in [1.82, 2.24) is 4.98 Å². The number of nitrogens with zero attached hydrogens (tertiary/aromatic N) is 1. The topological polar surface area (TPSA) is 26.0 Å². The molecule has 0 N–H and O–H groups in total. The Morgan fingerprint density at radius 2 is 2.25 bits per heavy atom. The molecular formula is C12H12ClNOS. The zero-order chi connectivity index (χ0) is 11.0. The summed E-state index contributed by atoms with van der Waals surface area (Å²) in [5.74, 6) is 1.27. The smallest absolute Gasteiger partial charge is 0.181 e. The lowest BCUT2D eigenvalue weighted by Crippen LogP contribution is -1.96. The number of alkyl halides is 1. The fraction of sp³-hybridized carbons (Fsp3) is 0.417. The monoisotopic (exact) mass is 253 g/mol. The summed E-state index contributed by atoms with van der Waals surface area (Å²) in [5.41, 5.74) is 2.34. The highest BCUT2D eigenvalue weighted by Gasteiger charge is 2.18. The highest BCUT2D eigenvalue weighted by molar-refractivity contribution is 7.15. The van der Waals surface area contributed by atoms with E-state index >= 15 is 0 Å². The van der Waals surface area contributed by atoms with Gasteiger partial charge in [0, 0.05) is 4.88 Å². The molecule has 1 aliphatic rings. The van der Waals surface area contributed by atoms with Gasteiger partial charge in [0.05, 0.1) is 10.8 Å². The second kappa shape index (κ2) is 4.22. The molecule has 0 radical (unpaired) electrons. The van der Waals surface area contributed by atoms with Gasteiger partial charge in [-0.2, -0.15) is 0 Å². The fourth-order valence-corrected chi connectivity index (χ4v) is 3.62. The van der Waals surface area contributed by atoms with Crippen LogP contribution in [0, 0.1) is 0 Å². The van der Waals surface area contributed by atoms with Gasteiger partial charge in [0.1, 0.15) is 5.69 Å². The Labute approximate surface area is 103 Å². The van der Waals surface area contributed by atoms with Gasteiger partial charge in [0.2, 0.25) is 0 Å². The van der Waals surface area contributed by atoms with Crippen molar-refractivity contribution >= 4 is 22.9 Å². The third kappa shape index (κ3) is 1.68. The van der Waals surface area contributed by atoms with Gasteiger partial charge in [-0.15, -0.1) is 22.9 Å². The molecule has 1 aliphatic carbocycles. The molecule has 3 rings (SSSR count). The Bertz CT molecular complexity index is 479. The summed E-state index contributed by atoms with van der Waals surface area (Å²) in [6, 6.07) is 2.25. The van der Waals surface area contributed by atoms with Crippen LogP contribution in [0.25, 0.3) is 10.6 Å². The van der Waals surface area contributed by atoms with Gasteiger partial charge in [-0.25, -0.2) is 4.98 Å². The molecule has 2 aromatic rings. The van der Waals surface area contributed by atoms with Crippen LogP contribution in [0.1, 0.15) is 29.0 Å². The van der Waals surface area contributed by atoms with Gasteiger partial charge in [-0.05, 0) is 37.3 Å². The Balaban J connectivity index is 2.03. The van der Waals surface area contributed by atoms with E-state index in [1.165, 1.54) is 47.4 Å². The van der Waals surface area contributed by atoms with Crippen molar-refractivity contribution in [3.8, 4) is 10.6 Å². The van der Waals surface area contributed by atoms with Crippen LogP contribution in [0.5, 0.6) is 0 Å². The summed E-state index contributed by atoms with van der Waals surface area (Å²) in [4.78, 5) is 6.82. The standard InChI is InChI=1S/C12H12ClNOS/c13-6-9-12(15-7-14-9)11-5-8-3-1-2-4-10(8)16-11/h5,7H,1-4,6H2. The number of hydrogen-bond acceptors (Lipinski definition) is 3. The molecule has 2 heterocycles. The van der Waals surface area contributed by atoms with Crippen molar-refractivity contribution in [3.05, 3.63) is 28.6 Å². The van der Waals surface area contributed by atoms with E-state index in [1.54, 1.807) is 0 Å². The summed E-state index contributed by atoms with van der Waals surface area (Å²) >= 11 is 7.66. The van der Waals surface area contributed by atoms with Gasteiger partial charge in [0.15, 0.2) is 12.2 Å². The van der Waals surface area contributed by atoms with E-state index in [-0.39, 0.29) is 0 Å². The summed E-state index contributed by atoms with van der Waals surface area (Å²) in [6.07, 6.45) is 6.51. The Hall–Kier alpha value is -0.800. The Kier molecular flexibility index (Phi) is 2.74. The summed E-state index contributed by atoms with van der Waals surface area (Å²) in [5, 5.41) is 0. The van der Waals surface area contributed by atoms with E-state index in [0.29, 0.717) is 5.88 Å². The molecular weight excluding hydrogens is 242 g/mol. The number of thiophene rings is 1. The fourth-order valence-electron chi connectivity index (χ4n) is 2.17. The van der Waals surface area contributed by atoms with E-state index in [9.17, 15) is 0 Å². The molecule has 16 heavy (non-hydrogen) atoms. The molecule has 84 valence electrons. The van der Waals surface area contributed by atoms with Gasteiger partial charge >= 0.3 is 0 Å². The highest BCUT2D eigenvalue weighted by atomic mass is 35.5. The highest BCUT2D eigenvalue weighted by Crippen LogP contribution is 2.37. The van der Waals surface area contributed by atoms with E-state index in [4.69, 9.17) is 16.0 Å². The molecule has 0 bridgehead atoms. The lowest BCUT2D eigenvalue weighted by Gasteiger charge is -2.08. The van der Waals surface area contributed by atoms with Crippen molar-refractivity contribution in [2.45, 2.75) is 31.6 Å². The summed E-state index contributed by atoms with van der Waals surface area (Å²) in [7, 11) is 0. The molecule has 0 atom stereocenters. The first kappa shape index (κ1) is 10.4. The van der Waals surface area contributed by atoms with Crippen LogP contribution in [-0.4, -0.2) is 4.98 Å². The molecule has 2 aromatic heterocycles. The first-order chi connectivity index (χ1) is 7.88. The largest absolute Gasteiger partial charge is 0.442 e. The first-order valence-corrected chi connectivity index (χ1v) is 6.84. The average molecular weight is 254 g/mol. The predicted molar refractivity (Wildman–Crippen MR) is 66.0 cm³/mol. The maximum Gasteiger partial charge on any atom is 0.181 e. The minimum atomic E-state index is 0.411. The molecule has 0 fully saturated rings. The predicted octanol–water partition coefficient (Wildman–Crippen LogP) is 4.02. The van der Waals surface area contributed by atoms with Crippen LogP contribution in [0.4, 0.5) is 0 Å². The number of aryl methyl sites for hydroxylation is 2. The molecule has 0 saturated heterocycles. The van der Waals surface area contributed by atoms with Gasteiger partial charge in [-0.1, -0.05) is 0 Å². The second-order valence-electron chi connectivity index (χ2n) is 4.03. The molecule has 4 heteroatoms. The van der Waals surface area contributed by atoms with Crippen molar-refractivity contribution < 1.29 is 4.42 Å². The molecule has 0 aliphatic heterocycles. The minimum absolute atomic E-state index is 0.411. The minimum Gasteiger partial charge on any atom is -0.442 e. The lowest BCUT2D eigenvalue weighted by atomic mass is 9.99. The molecule has 0 aromatic carbocycles. The van der Waals surface area contributed by atoms with Crippen molar-refractivity contribution in [1.29, 1.82) is 0 Å². The Morgan fingerprint density at radius 1 is 1.38 bits per heavy atom. The summed E-state index contributed by atoms with van der Waals surface area (Å²) < 4.78 is 5.43. The van der Waals surface area contributed by atoms with Gasteiger partial charge in [0.25, 0.3) is 0 Å². The van der Waals surface area contributed by atoms with E-state index in [1.807, 2.05) is 11.3 Å². The van der Waals surface area contributed by atoms with Crippen molar-refractivity contribution in [2.24, 2.45) is 0 Å². The lowest BCUT2D eigenvalue weighted by molar-refractivity contribution is 0.572. The second-order valence-corrected chi connectivity index (χ2v) is 5.43. The average Bonchev–Trinajstić information content (AvgIpc) is 2.94. The molecule has 0 saturated carbocycles. The SMILES string of the molecule is ClCc1ncoc1-c1cc2c(s1)CCCC2. The summed E-state index contributed by atoms with van der Waals surface area (Å²) in [6.45, 7) is 0. The van der Waals surface area contributed by atoms with Crippen LogP contribution >= 0.6 is 22.9 Å². The third-order valence-corrected chi connectivity index (χ3v) is 4.48. The van der Waals surface area contributed by atoms with Crippen LogP contribution in [0.2, 0.25) is 0 Å². The number of rotatable bonds is 2. The molecule has 2 nitrogen and oxygen atoms in total. The zero-order valence-electron chi connectivity index (χ0n) is 8.83. The van der Waals surface area contributed by atoms with Gasteiger partial charge in [-0.3, -0.25) is 0 Å². The number of hydrogen-bond donors (Lipinski definition) is 0. The van der Waals surface area contributed by atoms with E-state index < -0.39 is 0 Å². The number of fused-ring (bicyclic) bond motifs is 1. The quantitative estimate of drug-likeness (QED) is 0.756.